The molecule has 2 rings (SSSR count). The van der Waals surface area contributed by atoms with Crippen LogP contribution in [0.4, 0.5) is 5.69 Å². The molecule has 0 bridgehead atoms. The lowest BCUT2D eigenvalue weighted by molar-refractivity contribution is -0.384. The van der Waals surface area contributed by atoms with Gasteiger partial charge in [-0.3, -0.25) is 10.1 Å². The Morgan fingerprint density at radius 2 is 2.11 bits per heavy atom. The molecule has 1 saturated heterocycles. The second-order valence-corrected chi connectivity index (χ2v) is 5.08. The minimum absolute atomic E-state index is 0.0726. The van der Waals surface area contributed by atoms with Gasteiger partial charge in [-0.05, 0) is 12.1 Å². The Hall–Kier alpha value is -1.66. The molecule has 19 heavy (non-hydrogen) atoms. The minimum atomic E-state index is -0.424. The van der Waals surface area contributed by atoms with Crippen LogP contribution in [0.15, 0.2) is 24.3 Å². The first-order valence-electron chi connectivity index (χ1n) is 6.25. The van der Waals surface area contributed by atoms with Crippen LogP contribution in [-0.4, -0.2) is 37.8 Å². The Balaban J connectivity index is 1.63. The predicted octanol–water partition coefficient (Wildman–Crippen LogP) is 1.60. The van der Waals surface area contributed by atoms with E-state index in [1.165, 1.54) is 12.1 Å². The van der Waals surface area contributed by atoms with E-state index in [9.17, 15) is 10.1 Å². The van der Waals surface area contributed by atoms with Gasteiger partial charge < -0.3 is 14.8 Å². The highest BCUT2D eigenvalue weighted by Crippen LogP contribution is 2.24. The van der Waals surface area contributed by atoms with E-state index in [0.717, 1.165) is 26.3 Å². The van der Waals surface area contributed by atoms with Crippen LogP contribution in [0.2, 0.25) is 0 Å². The Labute approximate surface area is 111 Å². The fraction of sp³-hybridized carbons (Fsp3) is 0.538. The molecule has 0 radical (unpaired) electrons. The van der Waals surface area contributed by atoms with Gasteiger partial charge in [-0.2, -0.15) is 0 Å². The van der Waals surface area contributed by atoms with E-state index >= 15 is 0 Å². The highest BCUT2D eigenvalue weighted by molar-refractivity contribution is 5.35. The summed E-state index contributed by atoms with van der Waals surface area (Å²) in [6, 6.07) is 6.10. The van der Waals surface area contributed by atoms with Crippen LogP contribution < -0.4 is 10.1 Å². The van der Waals surface area contributed by atoms with Crippen molar-refractivity contribution in [1.29, 1.82) is 0 Å². The zero-order valence-electron chi connectivity index (χ0n) is 10.9. The molecule has 1 N–H and O–H groups in total. The topological polar surface area (TPSA) is 73.6 Å². The van der Waals surface area contributed by atoms with Crippen LogP contribution in [-0.2, 0) is 4.74 Å². The first-order valence-corrected chi connectivity index (χ1v) is 6.25. The van der Waals surface area contributed by atoms with Gasteiger partial charge in [0.1, 0.15) is 12.4 Å². The molecular formula is C13H18N2O4. The van der Waals surface area contributed by atoms with Crippen LogP contribution in [0, 0.1) is 15.5 Å². The molecule has 1 aliphatic heterocycles. The van der Waals surface area contributed by atoms with Crippen molar-refractivity contribution >= 4 is 5.69 Å². The largest absolute Gasteiger partial charge is 0.492 e. The molecule has 0 aromatic heterocycles. The number of nitrogens with zero attached hydrogens (tertiary/aromatic N) is 1. The number of rotatable bonds is 7. The molecule has 1 heterocycles. The van der Waals surface area contributed by atoms with Gasteiger partial charge in [-0.25, -0.2) is 0 Å². The van der Waals surface area contributed by atoms with E-state index in [4.69, 9.17) is 9.47 Å². The van der Waals surface area contributed by atoms with E-state index in [0.29, 0.717) is 12.4 Å². The van der Waals surface area contributed by atoms with E-state index in [1.54, 1.807) is 12.1 Å². The summed E-state index contributed by atoms with van der Waals surface area (Å²) in [4.78, 5) is 10.1. The van der Waals surface area contributed by atoms with Gasteiger partial charge >= 0.3 is 0 Å². The fourth-order valence-corrected chi connectivity index (χ4v) is 1.85. The summed E-state index contributed by atoms with van der Waals surface area (Å²) < 4.78 is 10.7. The van der Waals surface area contributed by atoms with Crippen molar-refractivity contribution in [2.24, 2.45) is 5.41 Å². The molecule has 6 heteroatoms. The normalized spacial score (nSPS) is 16.7. The number of nitrogens with one attached hydrogen (secondary N) is 1. The van der Waals surface area contributed by atoms with Gasteiger partial charge in [0.2, 0.25) is 0 Å². The van der Waals surface area contributed by atoms with Crippen molar-refractivity contribution in [2.75, 3.05) is 32.9 Å². The van der Waals surface area contributed by atoms with Gasteiger partial charge in [0.25, 0.3) is 5.69 Å². The number of benzene rings is 1. The van der Waals surface area contributed by atoms with Crippen molar-refractivity contribution in [3.8, 4) is 5.75 Å². The van der Waals surface area contributed by atoms with Gasteiger partial charge in [-0.1, -0.05) is 6.92 Å². The van der Waals surface area contributed by atoms with Gasteiger partial charge in [0.05, 0.1) is 18.1 Å². The monoisotopic (exact) mass is 266 g/mol. The molecule has 0 amide bonds. The van der Waals surface area contributed by atoms with Crippen LogP contribution in [0.25, 0.3) is 0 Å². The maximum atomic E-state index is 10.5. The van der Waals surface area contributed by atoms with Crippen molar-refractivity contribution < 1.29 is 14.4 Å². The van der Waals surface area contributed by atoms with Gasteiger partial charge in [0, 0.05) is 30.6 Å². The third kappa shape index (κ3) is 3.90. The Morgan fingerprint density at radius 3 is 2.63 bits per heavy atom. The number of hydrogen-bond acceptors (Lipinski definition) is 5. The zero-order valence-corrected chi connectivity index (χ0v) is 10.9. The Kier molecular flexibility index (Phi) is 4.34. The summed E-state index contributed by atoms with van der Waals surface area (Å²) in [5.41, 5.74) is 0.330. The lowest BCUT2D eigenvalue weighted by atomic mass is 9.89. The van der Waals surface area contributed by atoms with Gasteiger partial charge in [-0.15, -0.1) is 0 Å². The molecule has 1 aromatic rings. The molecule has 0 spiro atoms. The zero-order chi connectivity index (χ0) is 13.7. The number of hydrogen-bond donors (Lipinski definition) is 1. The SMILES string of the molecule is CC1(CNCCOc2ccc([N+](=O)[O-])cc2)COC1. The summed E-state index contributed by atoms with van der Waals surface area (Å²) in [6.07, 6.45) is 0. The molecule has 1 aliphatic rings. The number of ether oxygens (including phenoxy) is 2. The Bertz CT molecular complexity index is 429. The predicted molar refractivity (Wildman–Crippen MR) is 70.4 cm³/mol. The third-order valence-corrected chi connectivity index (χ3v) is 3.05. The smallest absolute Gasteiger partial charge is 0.269 e. The highest BCUT2D eigenvalue weighted by atomic mass is 16.6. The van der Waals surface area contributed by atoms with Crippen molar-refractivity contribution in [3.63, 3.8) is 0 Å². The highest BCUT2D eigenvalue weighted by Gasteiger charge is 2.32. The van der Waals surface area contributed by atoms with Crippen molar-refractivity contribution in [1.82, 2.24) is 5.32 Å². The quantitative estimate of drug-likeness (QED) is 0.461. The van der Waals surface area contributed by atoms with E-state index in [1.807, 2.05) is 0 Å². The molecule has 104 valence electrons. The second-order valence-electron chi connectivity index (χ2n) is 5.08. The van der Waals surface area contributed by atoms with E-state index < -0.39 is 4.92 Å². The molecule has 6 nitrogen and oxygen atoms in total. The number of non-ortho nitro benzene ring substituents is 1. The molecular weight excluding hydrogens is 248 g/mol. The maximum absolute atomic E-state index is 10.5. The number of nitro benzene ring substituents is 1. The fourth-order valence-electron chi connectivity index (χ4n) is 1.85. The molecule has 0 unspecified atom stereocenters. The summed E-state index contributed by atoms with van der Waals surface area (Å²) in [7, 11) is 0. The number of nitro groups is 1. The average Bonchev–Trinajstić information content (AvgIpc) is 2.37. The van der Waals surface area contributed by atoms with Crippen LogP contribution in [0.3, 0.4) is 0 Å². The standard InChI is InChI=1S/C13H18N2O4/c1-13(9-18-10-13)8-14-6-7-19-12-4-2-11(3-5-12)15(16)17/h2-5,14H,6-10H2,1H3. The summed E-state index contributed by atoms with van der Waals surface area (Å²) in [5.74, 6) is 0.644. The summed E-state index contributed by atoms with van der Waals surface area (Å²) >= 11 is 0. The van der Waals surface area contributed by atoms with Crippen LogP contribution in [0.1, 0.15) is 6.92 Å². The molecule has 0 saturated carbocycles. The van der Waals surface area contributed by atoms with Crippen LogP contribution >= 0.6 is 0 Å². The minimum Gasteiger partial charge on any atom is -0.492 e. The summed E-state index contributed by atoms with van der Waals surface area (Å²) in [5, 5.41) is 13.8. The molecule has 0 atom stereocenters. The lowest BCUT2D eigenvalue weighted by Crippen LogP contribution is -2.47. The van der Waals surface area contributed by atoms with Crippen molar-refractivity contribution in [3.05, 3.63) is 34.4 Å². The average molecular weight is 266 g/mol. The first-order chi connectivity index (χ1) is 9.09. The van der Waals surface area contributed by atoms with E-state index in [2.05, 4.69) is 12.2 Å². The second kappa shape index (κ2) is 5.99. The lowest BCUT2D eigenvalue weighted by Gasteiger charge is -2.38. The molecule has 0 aliphatic carbocycles. The first kappa shape index (κ1) is 13.8. The summed E-state index contributed by atoms with van der Waals surface area (Å²) in [6.45, 7) is 5.99. The van der Waals surface area contributed by atoms with E-state index in [-0.39, 0.29) is 11.1 Å². The van der Waals surface area contributed by atoms with Crippen LogP contribution in [0.5, 0.6) is 5.75 Å². The maximum Gasteiger partial charge on any atom is 0.269 e. The van der Waals surface area contributed by atoms with Crippen molar-refractivity contribution in [2.45, 2.75) is 6.92 Å². The third-order valence-electron chi connectivity index (χ3n) is 3.05. The molecule has 1 fully saturated rings. The Morgan fingerprint density at radius 1 is 1.42 bits per heavy atom. The molecule has 1 aromatic carbocycles. The van der Waals surface area contributed by atoms with Gasteiger partial charge in [0.15, 0.2) is 0 Å².